The quantitative estimate of drug-likeness (QED) is 0.355. The molecule has 2 heterocycles. The van der Waals surface area contributed by atoms with Crippen molar-refractivity contribution < 1.29 is 17.6 Å². The molecule has 170 valence electrons. The van der Waals surface area contributed by atoms with Crippen molar-refractivity contribution in [2.24, 2.45) is 0 Å². The summed E-state index contributed by atoms with van der Waals surface area (Å²) in [5.74, 6) is -0.861. The van der Waals surface area contributed by atoms with Gasteiger partial charge >= 0.3 is 0 Å². The molecule has 4 aromatic rings. The highest BCUT2D eigenvalue weighted by molar-refractivity contribution is 7.91. The van der Waals surface area contributed by atoms with Crippen LogP contribution in [0.1, 0.15) is 24.0 Å². The molecule has 6 nitrogen and oxygen atoms in total. The minimum absolute atomic E-state index is 0.0224. The van der Waals surface area contributed by atoms with Gasteiger partial charge in [0, 0.05) is 18.8 Å². The fraction of sp³-hybridized carbons (Fsp3) is 0.208. The molecule has 0 saturated carbocycles. The second kappa shape index (κ2) is 9.76. The number of sulfone groups is 1. The van der Waals surface area contributed by atoms with Crippen LogP contribution in [-0.4, -0.2) is 30.0 Å². The average molecular weight is 484 g/mol. The Bertz CT molecular complexity index is 1370. The molecule has 0 unspecified atom stereocenters. The predicted octanol–water partition coefficient (Wildman–Crippen LogP) is 4.93. The summed E-state index contributed by atoms with van der Waals surface area (Å²) < 4.78 is 40.1. The molecule has 0 atom stereocenters. The Labute approximate surface area is 195 Å². The van der Waals surface area contributed by atoms with Crippen LogP contribution in [-0.2, 0) is 21.2 Å². The van der Waals surface area contributed by atoms with Crippen LogP contribution < -0.4 is 4.90 Å². The highest BCUT2D eigenvalue weighted by Gasteiger charge is 2.22. The van der Waals surface area contributed by atoms with Crippen molar-refractivity contribution in [3.05, 3.63) is 83.9 Å². The van der Waals surface area contributed by atoms with Crippen LogP contribution >= 0.6 is 11.3 Å². The van der Waals surface area contributed by atoms with E-state index in [1.165, 1.54) is 22.3 Å². The first-order chi connectivity index (χ1) is 15.8. The number of amides is 1. The van der Waals surface area contributed by atoms with Crippen LogP contribution in [0.3, 0.4) is 0 Å². The lowest BCUT2D eigenvalue weighted by atomic mass is 10.2. The topological polar surface area (TPSA) is 80.2 Å². The van der Waals surface area contributed by atoms with Crippen LogP contribution in [0.25, 0.3) is 10.2 Å². The van der Waals surface area contributed by atoms with Gasteiger partial charge in [-0.05, 0) is 55.3 Å². The fourth-order valence-corrected chi connectivity index (χ4v) is 5.67. The lowest BCUT2D eigenvalue weighted by molar-refractivity contribution is -0.118. The Morgan fingerprint density at radius 3 is 2.48 bits per heavy atom. The van der Waals surface area contributed by atoms with Gasteiger partial charge in [0.15, 0.2) is 15.0 Å². The molecule has 0 N–H and O–H groups in total. The molecule has 0 fully saturated rings. The summed E-state index contributed by atoms with van der Waals surface area (Å²) in [4.78, 5) is 23.2. The van der Waals surface area contributed by atoms with E-state index >= 15 is 0 Å². The molecular weight excluding hydrogens is 461 g/mol. The van der Waals surface area contributed by atoms with Gasteiger partial charge in [-0.2, -0.15) is 0 Å². The fourth-order valence-electron chi connectivity index (χ4n) is 3.36. The van der Waals surface area contributed by atoms with E-state index in [4.69, 9.17) is 0 Å². The number of fused-ring (bicyclic) bond motifs is 1. The molecule has 2 aromatic heterocycles. The summed E-state index contributed by atoms with van der Waals surface area (Å²) in [6, 6.07) is 14.9. The molecule has 0 radical (unpaired) electrons. The van der Waals surface area contributed by atoms with Gasteiger partial charge in [-0.25, -0.2) is 17.8 Å². The molecule has 0 aliphatic rings. The van der Waals surface area contributed by atoms with Crippen LogP contribution in [0.2, 0.25) is 0 Å². The van der Waals surface area contributed by atoms with Crippen molar-refractivity contribution in [1.29, 1.82) is 0 Å². The molecule has 4 rings (SSSR count). The number of para-hydroxylation sites is 1. The monoisotopic (exact) mass is 483 g/mol. The molecule has 9 heteroatoms. The smallest absolute Gasteiger partial charge is 0.229 e. The summed E-state index contributed by atoms with van der Waals surface area (Å²) in [7, 11) is -3.49. The first-order valence-corrected chi connectivity index (χ1v) is 12.8. The molecule has 0 bridgehead atoms. The van der Waals surface area contributed by atoms with Crippen LogP contribution in [0.15, 0.2) is 71.9 Å². The number of rotatable bonds is 8. The van der Waals surface area contributed by atoms with Crippen molar-refractivity contribution in [2.45, 2.75) is 31.2 Å². The van der Waals surface area contributed by atoms with Crippen LogP contribution in [0, 0.1) is 12.7 Å². The first kappa shape index (κ1) is 23.0. The highest BCUT2D eigenvalue weighted by atomic mass is 32.2. The van der Waals surface area contributed by atoms with E-state index in [1.807, 2.05) is 6.92 Å². The van der Waals surface area contributed by atoms with Crippen molar-refractivity contribution in [2.75, 3.05) is 10.7 Å². The first-order valence-electron chi connectivity index (χ1n) is 10.4. The maximum absolute atomic E-state index is 14.2. The highest BCUT2D eigenvalue weighted by Crippen LogP contribution is 2.31. The number of carbonyl (C=O) groups is 1. The van der Waals surface area contributed by atoms with E-state index < -0.39 is 15.7 Å². The third-order valence-corrected chi connectivity index (χ3v) is 8.02. The Morgan fingerprint density at radius 1 is 1.06 bits per heavy atom. The number of thiazole rings is 1. The minimum Gasteiger partial charge on any atom is -0.284 e. The maximum atomic E-state index is 14.2. The van der Waals surface area contributed by atoms with Gasteiger partial charge in [0.1, 0.15) is 11.3 Å². The van der Waals surface area contributed by atoms with E-state index in [-0.39, 0.29) is 41.5 Å². The number of nitrogens with zero attached hydrogens (tertiary/aromatic N) is 3. The van der Waals surface area contributed by atoms with Crippen molar-refractivity contribution >= 4 is 42.4 Å². The van der Waals surface area contributed by atoms with Crippen LogP contribution in [0.4, 0.5) is 9.52 Å². The maximum Gasteiger partial charge on any atom is 0.229 e. The molecule has 0 spiro atoms. The number of hydrogen-bond acceptors (Lipinski definition) is 6. The van der Waals surface area contributed by atoms with E-state index in [2.05, 4.69) is 9.97 Å². The van der Waals surface area contributed by atoms with Gasteiger partial charge in [-0.1, -0.05) is 35.1 Å². The standard InChI is InChI=1S/C24H22FN3O3S2/c1-17-7-9-19(10-8-17)33(30,31)15-3-6-22(29)28(16-18-11-13-26-14-12-18)24-27-23-20(25)4-2-5-21(23)32-24/h2,4-5,7-14H,3,6,15-16H2,1H3. The Hall–Kier alpha value is -3.17. The lowest BCUT2D eigenvalue weighted by Crippen LogP contribution is -2.30. The third-order valence-electron chi connectivity index (χ3n) is 5.16. The normalized spacial score (nSPS) is 11.6. The number of carbonyl (C=O) groups excluding carboxylic acids is 1. The molecule has 2 aromatic carbocycles. The Kier molecular flexibility index (Phi) is 6.80. The molecule has 33 heavy (non-hydrogen) atoms. The number of aromatic nitrogens is 2. The van der Waals surface area contributed by atoms with Gasteiger partial charge < -0.3 is 0 Å². The number of halogens is 1. The average Bonchev–Trinajstić information content (AvgIpc) is 3.23. The van der Waals surface area contributed by atoms with Gasteiger partial charge in [-0.3, -0.25) is 14.7 Å². The number of aryl methyl sites for hydroxylation is 1. The van der Waals surface area contributed by atoms with E-state index in [0.29, 0.717) is 9.83 Å². The van der Waals surface area contributed by atoms with Gasteiger partial charge in [0.2, 0.25) is 5.91 Å². The molecule has 1 amide bonds. The van der Waals surface area contributed by atoms with E-state index in [9.17, 15) is 17.6 Å². The number of anilines is 1. The zero-order chi connectivity index (χ0) is 23.4. The second-order valence-electron chi connectivity index (χ2n) is 7.65. The Balaban J connectivity index is 1.53. The number of benzene rings is 2. The third kappa shape index (κ3) is 5.43. The summed E-state index contributed by atoms with van der Waals surface area (Å²) >= 11 is 1.22. The molecular formula is C24H22FN3O3S2. The van der Waals surface area contributed by atoms with Crippen LogP contribution in [0.5, 0.6) is 0 Å². The summed E-state index contributed by atoms with van der Waals surface area (Å²) in [6.07, 6.45) is 3.45. The molecule has 0 aliphatic carbocycles. The van der Waals surface area contributed by atoms with Crippen molar-refractivity contribution in [3.63, 3.8) is 0 Å². The zero-order valence-corrected chi connectivity index (χ0v) is 19.6. The van der Waals surface area contributed by atoms with Crippen molar-refractivity contribution in [1.82, 2.24) is 9.97 Å². The Morgan fingerprint density at radius 2 is 1.79 bits per heavy atom. The van der Waals surface area contributed by atoms with Crippen molar-refractivity contribution in [3.8, 4) is 0 Å². The number of pyridine rings is 1. The lowest BCUT2D eigenvalue weighted by Gasteiger charge is -2.20. The number of hydrogen-bond donors (Lipinski definition) is 0. The summed E-state index contributed by atoms with van der Waals surface area (Å²) in [5.41, 5.74) is 2.03. The van der Waals surface area contributed by atoms with Gasteiger partial charge in [0.05, 0.1) is 21.9 Å². The molecule has 0 aliphatic heterocycles. The van der Waals surface area contributed by atoms with E-state index in [0.717, 1.165) is 11.1 Å². The van der Waals surface area contributed by atoms with Gasteiger partial charge in [0.25, 0.3) is 0 Å². The summed E-state index contributed by atoms with van der Waals surface area (Å²) in [5, 5.41) is 0.373. The van der Waals surface area contributed by atoms with Gasteiger partial charge in [-0.15, -0.1) is 0 Å². The second-order valence-corrected chi connectivity index (χ2v) is 10.8. The predicted molar refractivity (Wildman–Crippen MR) is 127 cm³/mol. The molecule has 0 saturated heterocycles. The SMILES string of the molecule is Cc1ccc(S(=O)(=O)CCCC(=O)N(Cc2ccncc2)c2nc3c(F)cccc3s2)cc1. The zero-order valence-electron chi connectivity index (χ0n) is 17.9. The minimum atomic E-state index is -3.49. The van der Waals surface area contributed by atoms with E-state index in [1.54, 1.807) is 60.9 Å². The summed E-state index contributed by atoms with van der Waals surface area (Å²) in [6.45, 7) is 2.12. The largest absolute Gasteiger partial charge is 0.284 e.